The van der Waals surface area contributed by atoms with E-state index >= 15 is 0 Å². The van der Waals surface area contributed by atoms with E-state index in [1.807, 2.05) is 36.7 Å². The molecule has 0 radical (unpaired) electrons. The van der Waals surface area contributed by atoms with E-state index in [0.717, 1.165) is 28.6 Å². The number of urea groups is 1. The number of hydrogen-bond donors (Lipinski definition) is 2. The van der Waals surface area contributed by atoms with E-state index in [0.29, 0.717) is 28.5 Å². The molecule has 0 aliphatic heterocycles. The molecule has 0 saturated carbocycles. The van der Waals surface area contributed by atoms with Crippen molar-refractivity contribution >= 4 is 56.6 Å². The lowest BCUT2D eigenvalue weighted by Gasteiger charge is -2.10. The first-order chi connectivity index (χ1) is 13.5. The molecule has 3 rings (SSSR count). The lowest BCUT2D eigenvalue weighted by Crippen LogP contribution is -2.40. The van der Waals surface area contributed by atoms with Gasteiger partial charge in [0.05, 0.1) is 11.1 Å². The fraction of sp³-hybridized carbons (Fsp3) is 0.333. The molecule has 10 heteroatoms. The number of carbonyl (C=O) groups is 2. The summed E-state index contributed by atoms with van der Waals surface area (Å²) in [5.41, 5.74) is 0.789. The van der Waals surface area contributed by atoms with Crippen molar-refractivity contribution in [3.8, 4) is 10.4 Å². The Balaban J connectivity index is 1.81. The van der Waals surface area contributed by atoms with Crippen LogP contribution in [0.2, 0.25) is 0 Å². The van der Waals surface area contributed by atoms with Crippen LogP contribution in [-0.4, -0.2) is 33.8 Å². The average molecular weight is 437 g/mol. The number of imide groups is 1. The van der Waals surface area contributed by atoms with Crippen LogP contribution in [0, 0.1) is 0 Å². The molecule has 3 heterocycles. The van der Waals surface area contributed by atoms with Gasteiger partial charge in [0.15, 0.2) is 5.16 Å². The summed E-state index contributed by atoms with van der Waals surface area (Å²) in [5.74, 6) is -0.429. The summed E-state index contributed by atoms with van der Waals surface area (Å²) in [6.45, 7) is 4.75. The number of thioether (sulfide) groups is 1. The zero-order valence-corrected chi connectivity index (χ0v) is 17.9. The SMILES string of the molecule is CCCNC(=O)NC(=O)CSc1nc2scc(-c3cccs3)c2c(=O)n1CC. The third-order valence-electron chi connectivity index (χ3n) is 3.88. The summed E-state index contributed by atoms with van der Waals surface area (Å²) in [4.78, 5) is 42.9. The van der Waals surface area contributed by atoms with Gasteiger partial charge in [-0.3, -0.25) is 19.5 Å². The Bertz CT molecular complexity index is 1040. The maximum absolute atomic E-state index is 13.1. The highest BCUT2D eigenvalue weighted by atomic mass is 32.2. The molecular formula is C18H20N4O3S3. The molecule has 0 aromatic carbocycles. The van der Waals surface area contributed by atoms with Gasteiger partial charge in [-0.25, -0.2) is 9.78 Å². The topological polar surface area (TPSA) is 93.1 Å². The summed E-state index contributed by atoms with van der Waals surface area (Å²) < 4.78 is 1.57. The zero-order chi connectivity index (χ0) is 20.1. The van der Waals surface area contributed by atoms with E-state index in [9.17, 15) is 14.4 Å². The van der Waals surface area contributed by atoms with Gasteiger partial charge >= 0.3 is 6.03 Å². The minimum atomic E-state index is -0.511. The van der Waals surface area contributed by atoms with Crippen molar-refractivity contribution in [1.29, 1.82) is 0 Å². The van der Waals surface area contributed by atoms with Crippen LogP contribution in [0.4, 0.5) is 4.79 Å². The van der Waals surface area contributed by atoms with Crippen molar-refractivity contribution in [2.75, 3.05) is 12.3 Å². The number of amides is 3. The molecule has 0 spiro atoms. The Labute approximate surface area is 174 Å². The van der Waals surface area contributed by atoms with Gasteiger partial charge in [0, 0.05) is 28.9 Å². The first-order valence-electron chi connectivity index (χ1n) is 8.81. The fourth-order valence-electron chi connectivity index (χ4n) is 2.58. The van der Waals surface area contributed by atoms with Crippen molar-refractivity contribution < 1.29 is 9.59 Å². The summed E-state index contributed by atoms with van der Waals surface area (Å²) in [5, 5.41) is 9.87. The second kappa shape index (κ2) is 9.35. The minimum Gasteiger partial charge on any atom is -0.338 e. The van der Waals surface area contributed by atoms with Gasteiger partial charge in [0.25, 0.3) is 5.56 Å². The van der Waals surface area contributed by atoms with E-state index < -0.39 is 11.9 Å². The Kier molecular flexibility index (Phi) is 6.87. The van der Waals surface area contributed by atoms with Crippen LogP contribution in [0.1, 0.15) is 20.3 Å². The summed E-state index contributed by atoms with van der Waals surface area (Å²) in [6.07, 6.45) is 0.789. The highest BCUT2D eigenvalue weighted by molar-refractivity contribution is 7.99. The van der Waals surface area contributed by atoms with Crippen LogP contribution in [0.5, 0.6) is 0 Å². The normalized spacial score (nSPS) is 10.9. The van der Waals surface area contributed by atoms with E-state index in [-0.39, 0.29) is 11.3 Å². The van der Waals surface area contributed by atoms with Gasteiger partial charge in [-0.1, -0.05) is 24.8 Å². The molecule has 148 valence electrons. The molecule has 3 aromatic rings. The summed E-state index contributed by atoms with van der Waals surface area (Å²) in [7, 11) is 0. The molecule has 7 nitrogen and oxygen atoms in total. The summed E-state index contributed by atoms with van der Waals surface area (Å²) >= 11 is 4.15. The fourth-order valence-corrected chi connectivity index (χ4v) is 5.25. The monoisotopic (exact) mass is 436 g/mol. The highest BCUT2D eigenvalue weighted by Crippen LogP contribution is 2.34. The molecule has 0 aliphatic carbocycles. The maximum Gasteiger partial charge on any atom is 0.321 e. The summed E-state index contributed by atoms with van der Waals surface area (Å²) in [6, 6.07) is 3.43. The molecule has 3 aromatic heterocycles. The zero-order valence-electron chi connectivity index (χ0n) is 15.5. The molecular weight excluding hydrogens is 416 g/mol. The molecule has 0 unspecified atom stereocenters. The van der Waals surface area contributed by atoms with Gasteiger partial charge in [-0.05, 0) is 24.8 Å². The number of nitrogens with one attached hydrogen (secondary N) is 2. The number of thiophene rings is 2. The van der Waals surface area contributed by atoms with Crippen LogP contribution in [-0.2, 0) is 11.3 Å². The van der Waals surface area contributed by atoms with Gasteiger partial charge in [0.1, 0.15) is 4.83 Å². The number of aromatic nitrogens is 2. The molecule has 3 amide bonds. The van der Waals surface area contributed by atoms with Gasteiger partial charge < -0.3 is 5.32 Å². The first-order valence-corrected chi connectivity index (χ1v) is 11.6. The molecule has 2 N–H and O–H groups in total. The molecule has 0 aliphatic rings. The highest BCUT2D eigenvalue weighted by Gasteiger charge is 2.18. The second-order valence-electron chi connectivity index (χ2n) is 5.84. The minimum absolute atomic E-state index is 0.000644. The second-order valence-corrected chi connectivity index (χ2v) is 8.59. The van der Waals surface area contributed by atoms with Crippen LogP contribution >= 0.6 is 34.4 Å². The first kappa shape index (κ1) is 20.6. The number of rotatable bonds is 7. The number of carbonyl (C=O) groups excluding carboxylic acids is 2. The third kappa shape index (κ3) is 4.45. The van der Waals surface area contributed by atoms with Gasteiger partial charge in [-0.2, -0.15) is 0 Å². The van der Waals surface area contributed by atoms with Crippen molar-refractivity contribution in [2.24, 2.45) is 0 Å². The predicted molar refractivity (Wildman–Crippen MR) is 115 cm³/mol. The van der Waals surface area contributed by atoms with E-state index in [4.69, 9.17) is 0 Å². The molecule has 0 bridgehead atoms. The molecule has 0 fully saturated rings. The van der Waals surface area contributed by atoms with Crippen LogP contribution < -0.4 is 16.2 Å². The lowest BCUT2D eigenvalue weighted by atomic mass is 10.2. The van der Waals surface area contributed by atoms with Crippen LogP contribution in [0.15, 0.2) is 32.8 Å². The number of nitrogens with zero attached hydrogens (tertiary/aromatic N) is 2. The Morgan fingerprint density at radius 3 is 2.79 bits per heavy atom. The van der Waals surface area contributed by atoms with Crippen molar-refractivity contribution in [2.45, 2.75) is 32.0 Å². The van der Waals surface area contributed by atoms with E-state index in [2.05, 4.69) is 15.6 Å². The van der Waals surface area contributed by atoms with Crippen LogP contribution in [0.3, 0.4) is 0 Å². The van der Waals surface area contributed by atoms with Gasteiger partial charge in [-0.15, -0.1) is 22.7 Å². The van der Waals surface area contributed by atoms with E-state index in [1.54, 1.807) is 15.9 Å². The smallest absolute Gasteiger partial charge is 0.321 e. The van der Waals surface area contributed by atoms with Crippen molar-refractivity contribution in [3.05, 3.63) is 33.2 Å². The molecule has 28 heavy (non-hydrogen) atoms. The van der Waals surface area contributed by atoms with Crippen molar-refractivity contribution in [3.63, 3.8) is 0 Å². The quantitative estimate of drug-likeness (QED) is 0.437. The van der Waals surface area contributed by atoms with Crippen molar-refractivity contribution in [1.82, 2.24) is 20.2 Å². The molecule has 0 saturated heterocycles. The standard InChI is InChI=1S/C18H20N4O3S3/c1-3-7-19-17(25)20-13(23)10-28-18-21-15-14(16(24)22(18)4-2)11(9-27-15)12-6-5-8-26-12/h5-6,8-9H,3-4,7,10H2,1-2H3,(H2,19,20,23,25). The Hall–Kier alpha value is -2.17. The number of fused-ring (bicyclic) bond motifs is 1. The lowest BCUT2D eigenvalue weighted by molar-refractivity contribution is -0.117. The third-order valence-corrected chi connectivity index (χ3v) is 6.63. The van der Waals surface area contributed by atoms with Gasteiger partial charge in [0.2, 0.25) is 5.91 Å². The largest absolute Gasteiger partial charge is 0.338 e. The molecule has 0 atom stereocenters. The number of hydrogen-bond acceptors (Lipinski definition) is 7. The average Bonchev–Trinajstić information content (AvgIpc) is 3.34. The Morgan fingerprint density at radius 2 is 2.11 bits per heavy atom. The van der Waals surface area contributed by atoms with E-state index in [1.165, 1.54) is 11.3 Å². The Morgan fingerprint density at radius 1 is 1.29 bits per heavy atom. The van der Waals surface area contributed by atoms with Crippen LogP contribution in [0.25, 0.3) is 20.7 Å². The predicted octanol–water partition coefficient (Wildman–Crippen LogP) is 3.53. The maximum atomic E-state index is 13.1.